The molecule has 0 saturated carbocycles. The van der Waals surface area contributed by atoms with Crippen LogP contribution in [0.5, 0.6) is 0 Å². The van der Waals surface area contributed by atoms with E-state index in [9.17, 15) is 9.00 Å². The highest BCUT2D eigenvalue weighted by Crippen LogP contribution is 2.32. The molecule has 0 unspecified atom stereocenters. The molecule has 12 heteroatoms. The summed E-state index contributed by atoms with van der Waals surface area (Å²) in [5.41, 5.74) is 4.84. The van der Waals surface area contributed by atoms with Crippen LogP contribution in [0.1, 0.15) is 21.5 Å². The first kappa shape index (κ1) is 28.0. The van der Waals surface area contributed by atoms with E-state index in [1.807, 2.05) is 14.1 Å². The summed E-state index contributed by atoms with van der Waals surface area (Å²) >= 11 is 0. The molecular weight excluding hydrogens is 514 g/mol. The van der Waals surface area contributed by atoms with Crippen LogP contribution in [-0.2, 0) is 22.7 Å². The first-order valence-electron chi connectivity index (χ1n) is 12.5. The Bertz CT molecular complexity index is 1510. The summed E-state index contributed by atoms with van der Waals surface area (Å²) in [5, 5.41) is 9.18. The summed E-state index contributed by atoms with van der Waals surface area (Å²) in [7, 11) is 3.80. The van der Waals surface area contributed by atoms with Gasteiger partial charge in [0.05, 0.1) is 0 Å². The summed E-state index contributed by atoms with van der Waals surface area (Å²) in [5.74, 6) is 0.932. The summed E-state index contributed by atoms with van der Waals surface area (Å²) in [6.45, 7) is 5.82. The first-order valence-corrected chi connectivity index (χ1v) is 14.8. The fraction of sp³-hybridized carbons (Fsp3) is 0.333. The topological polar surface area (TPSA) is 128 Å². The van der Waals surface area contributed by atoms with Crippen molar-refractivity contribution in [2.24, 2.45) is 4.36 Å². The number of hydrogen-bond donors (Lipinski definition) is 3. The zero-order valence-corrected chi connectivity index (χ0v) is 23.8. The second kappa shape index (κ2) is 11.8. The molecule has 0 aliphatic carbocycles. The maximum absolute atomic E-state index is 12.9. The van der Waals surface area contributed by atoms with E-state index in [1.165, 1.54) is 17.3 Å². The van der Waals surface area contributed by atoms with Gasteiger partial charge in [-0.25, -0.2) is 14.2 Å². The van der Waals surface area contributed by atoms with Gasteiger partial charge in [-0.3, -0.25) is 4.79 Å². The Morgan fingerprint density at radius 2 is 2.03 bits per heavy atom. The Hall–Kier alpha value is -4.03. The minimum Gasteiger partial charge on any atom is -0.377 e. The Balaban J connectivity index is 1.70. The molecule has 3 aromatic rings. The van der Waals surface area contributed by atoms with E-state index in [0.29, 0.717) is 24.1 Å². The number of likely N-dealkylation sites (N-methyl/N-ethyl adjacent to an activating group) is 1. The van der Waals surface area contributed by atoms with Gasteiger partial charge < -0.3 is 25.8 Å². The van der Waals surface area contributed by atoms with Crippen molar-refractivity contribution in [3.63, 3.8) is 0 Å². The minimum absolute atomic E-state index is 0.238. The fourth-order valence-electron chi connectivity index (χ4n) is 4.27. The van der Waals surface area contributed by atoms with Gasteiger partial charge in [-0.1, -0.05) is 12.1 Å². The van der Waals surface area contributed by atoms with Crippen LogP contribution in [0, 0.1) is 0 Å². The third-order valence-electron chi connectivity index (χ3n) is 5.98. The van der Waals surface area contributed by atoms with Crippen molar-refractivity contribution in [3.8, 4) is 0 Å². The van der Waals surface area contributed by atoms with Crippen molar-refractivity contribution >= 4 is 50.4 Å². The average molecular weight is 550 g/mol. The SMILES string of the molecule is C=CCNC(=O)c1cnc(Nc2cc3c(c(N(C)C)c2)CCN(C)C3)nc1Nc1cccc(N=S(C)(C)=O)n1. The Labute approximate surface area is 229 Å². The number of carbonyl (C=O) groups is 1. The number of carbonyl (C=O) groups excluding carboxylic acids is 1. The predicted molar refractivity (Wildman–Crippen MR) is 158 cm³/mol. The van der Waals surface area contributed by atoms with Gasteiger partial charge in [0.2, 0.25) is 5.95 Å². The van der Waals surface area contributed by atoms with E-state index in [1.54, 1.807) is 36.8 Å². The molecule has 1 aliphatic heterocycles. The summed E-state index contributed by atoms with van der Waals surface area (Å²) < 4.78 is 16.3. The largest absolute Gasteiger partial charge is 0.377 e. The Morgan fingerprint density at radius 3 is 2.74 bits per heavy atom. The van der Waals surface area contributed by atoms with Crippen LogP contribution in [0.15, 0.2) is 53.5 Å². The van der Waals surface area contributed by atoms with E-state index in [0.717, 1.165) is 30.9 Å². The lowest BCUT2D eigenvalue weighted by Crippen LogP contribution is -2.28. The van der Waals surface area contributed by atoms with E-state index >= 15 is 0 Å². The van der Waals surface area contributed by atoms with Crippen molar-refractivity contribution in [1.29, 1.82) is 0 Å². The summed E-state index contributed by atoms with van der Waals surface area (Å²) in [4.78, 5) is 30.7. The average Bonchev–Trinajstić information content (AvgIpc) is 2.86. The van der Waals surface area contributed by atoms with Crippen molar-refractivity contribution in [2.45, 2.75) is 13.0 Å². The van der Waals surface area contributed by atoms with Gasteiger partial charge in [0.15, 0.2) is 5.82 Å². The summed E-state index contributed by atoms with van der Waals surface area (Å²) in [6.07, 6.45) is 7.13. The van der Waals surface area contributed by atoms with Crippen LogP contribution >= 0.6 is 0 Å². The number of anilines is 5. The Morgan fingerprint density at radius 1 is 1.23 bits per heavy atom. The lowest BCUT2D eigenvalue weighted by molar-refractivity contribution is 0.0958. The molecule has 0 spiro atoms. The van der Waals surface area contributed by atoms with E-state index < -0.39 is 9.73 Å². The number of fused-ring (bicyclic) bond motifs is 1. The van der Waals surface area contributed by atoms with Crippen LogP contribution in [0.4, 0.5) is 34.8 Å². The normalized spacial score (nSPS) is 13.3. The standard InChI is InChI=1S/C27H35N9O2S/c1-7-12-28-26(37)21-16-29-27(33-25(21)32-23-9-8-10-24(31-23)34-39(5,6)38)30-19-14-18-17-36(4)13-11-20(18)22(15-19)35(2)3/h7-10,14-16H,1,11-13,17H2,2-6H3,(H,28,37)(H2,29,30,31,32,33). The second-order valence-corrected chi connectivity index (χ2v) is 12.4. The molecule has 1 aromatic carbocycles. The number of pyridine rings is 1. The third kappa shape index (κ3) is 7.30. The monoisotopic (exact) mass is 549 g/mol. The predicted octanol–water partition coefficient (Wildman–Crippen LogP) is 3.69. The Kier molecular flexibility index (Phi) is 8.46. The number of rotatable bonds is 9. The highest BCUT2D eigenvalue weighted by Gasteiger charge is 2.20. The zero-order chi connectivity index (χ0) is 28.2. The molecule has 39 heavy (non-hydrogen) atoms. The quantitative estimate of drug-likeness (QED) is 0.342. The van der Waals surface area contributed by atoms with Gasteiger partial charge in [-0.2, -0.15) is 9.35 Å². The lowest BCUT2D eigenvalue weighted by atomic mass is 9.96. The molecule has 2 aromatic heterocycles. The van der Waals surface area contributed by atoms with Gasteiger partial charge >= 0.3 is 0 Å². The molecular formula is C27H35N9O2S. The summed E-state index contributed by atoms with van der Waals surface area (Å²) in [6, 6.07) is 9.34. The highest BCUT2D eigenvalue weighted by molar-refractivity contribution is 7.92. The van der Waals surface area contributed by atoms with Gasteiger partial charge in [-0.05, 0) is 48.9 Å². The second-order valence-electron chi connectivity index (χ2n) is 9.87. The molecule has 0 radical (unpaired) electrons. The fourth-order valence-corrected chi connectivity index (χ4v) is 4.82. The molecule has 0 atom stereocenters. The highest BCUT2D eigenvalue weighted by atomic mass is 32.2. The van der Waals surface area contributed by atoms with Crippen LogP contribution < -0.4 is 20.9 Å². The van der Waals surface area contributed by atoms with Crippen molar-refractivity contribution in [1.82, 2.24) is 25.2 Å². The molecule has 4 rings (SSSR count). The number of nitrogens with one attached hydrogen (secondary N) is 3. The molecule has 1 aliphatic rings. The molecule has 206 valence electrons. The molecule has 0 saturated heterocycles. The van der Waals surface area contributed by atoms with Crippen molar-refractivity contribution < 1.29 is 9.00 Å². The van der Waals surface area contributed by atoms with Crippen molar-refractivity contribution in [2.75, 3.05) is 62.3 Å². The van der Waals surface area contributed by atoms with Gasteiger partial charge in [0.25, 0.3) is 5.91 Å². The minimum atomic E-state index is -2.39. The van der Waals surface area contributed by atoms with Crippen molar-refractivity contribution in [3.05, 3.63) is 65.9 Å². The van der Waals surface area contributed by atoms with Gasteiger partial charge in [0, 0.05) is 73.5 Å². The molecule has 3 N–H and O–H groups in total. The zero-order valence-electron chi connectivity index (χ0n) is 23.0. The van der Waals surface area contributed by atoms with Crippen LogP contribution in [0.3, 0.4) is 0 Å². The molecule has 3 heterocycles. The lowest BCUT2D eigenvalue weighted by Gasteiger charge is -2.30. The van der Waals surface area contributed by atoms with Crippen LogP contribution in [-0.4, -0.2) is 76.7 Å². The van der Waals surface area contributed by atoms with E-state index in [2.05, 4.69) is 70.8 Å². The smallest absolute Gasteiger partial charge is 0.256 e. The number of benzene rings is 1. The number of aromatic nitrogens is 3. The third-order valence-corrected chi connectivity index (χ3v) is 6.60. The molecule has 1 amide bonds. The van der Waals surface area contributed by atoms with Crippen LogP contribution in [0.25, 0.3) is 0 Å². The number of hydrogen-bond acceptors (Lipinski definition) is 10. The first-order chi connectivity index (χ1) is 18.5. The molecule has 11 nitrogen and oxygen atoms in total. The van der Waals surface area contributed by atoms with Crippen LogP contribution in [0.2, 0.25) is 0 Å². The van der Waals surface area contributed by atoms with Gasteiger partial charge in [-0.15, -0.1) is 6.58 Å². The van der Waals surface area contributed by atoms with Gasteiger partial charge in [0.1, 0.15) is 17.2 Å². The maximum Gasteiger partial charge on any atom is 0.256 e. The number of amides is 1. The maximum atomic E-state index is 12.9. The molecule has 0 bridgehead atoms. The molecule has 0 fully saturated rings. The van der Waals surface area contributed by atoms with E-state index in [4.69, 9.17) is 0 Å². The number of nitrogens with zero attached hydrogens (tertiary/aromatic N) is 6. The van der Waals surface area contributed by atoms with E-state index in [-0.39, 0.29) is 17.3 Å².